The van der Waals surface area contributed by atoms with Crippen molar-refractivity contribution in [2.75, 3.05) is 18.8 Å². The predicted octanol–water partition coefficient (Wildman–Crippen LogP) is 0.903. The van der Waals surface area contributed by atoms with Crippen LogP contribution in [0.4, 0.5) is 5.69 Å². The minimum Gasteiger partial charge on any atom is -0.399 e. The Hall–Kier alpha value is -2.61. The number of rotatable bonds is 2. The number of nitrogens with zero attached hydrogens (tertiary/aromatic N) is 2. The predicted molar refractivity (Wildman–Crippen MR) is 69.2 cm³/mol. The molecule has 0 fully saturated rings. The summed E-state index contributed by atoms with van der Waals surface area (Å²) < 4.78 is 0. The summed E-state index contributed by atoms with van der Waals surface area (Å²) in [5.74, 6) is -0.347. The Morgan fingerprint density at radius 2 is 2.33 bits per heavy atom. The molecule has 0 aromatic heterocycles. The van der Waals surface area contributed by atoms with Gasteiger partial charge in [0.25, 0.3) is 0 Å². The minimum atomic E-state index is -0.347. The Kier molecular flexibility index (Phi) is 3.39. The van der Waals surface area contributed by atoms with Crippen molar-refractivity contribution < 1.29 is 4.79 Å². The summed E-state index contributed by atoms with van der Waals surface area (Å²) in [6, 6.07) is 8.49. The number of nitrogens with one attached hydrogen (secondary N) is 1. The monoisotopic (exact) mass is 240 g/mol. The van der Waals surface area contributed by atoms with Gasteiger partial charge in [-0.2, -0.15) is 5.26 Å². The lowest BCUT2D eigenvalue weighted by Crippen LogP contribution is -2.25. The molecule has 90 valence electrons. The Morgan fingerprint density at radius 1 is 1.50 bits per heavy atom. The average molecular weight is 240 g/mol. The van der Waals surface area contributed by atoms with Gasteiger partial charge in [0, 0.05) is 24.0 Å². The van der Waals surface area contributed by atoms with Crippen molar-refractivity contribution in [3.63, 3.8) is 0 Å². The van der Waals surface area contributed by atoms with Crippen LogP contribution in [-0.4, -0.2) is 25.1 Å². The smallest absolute Gasteiger partial charge is 0.205 e. The summed E-state index contributed by atoms with van der Waals surface area (Å²) in [6.07, 6.45) is 1.52. The first-order valence-electron chi connectivity index (χ1n) is 5.50. The second-order valence-corrected chi connectivity index (χ2v) is 3.82. The number of Topliss-reactive ketones (excluding diaryl/α,β-unsaturated/α-hetero) is 1. The van der Waals surface area contributed by atoms with E-state index in [-0.39, 0.29) is 11.4 Å². The summed E-state index contributed by atoms with van der Waals surface area (Å²) in [5, 5.41) is 12.1. The summed E-state index contributed by atoms with van der Waals surface area (Å²) in [4.78, 5) is 16.2. The lowest BCUT2D eigenvalue weighted by molar-refractivity contribution is 0.103. The highest BCUT2D eigenvalue weighted by Gasteiger charge is 2.17. The van der Waals surface area contributed by atoms with E-state index in [2.05, 4.69) is 10.3 Å². The zero-order valence-corrected chi connectivity index (χ0v) is 9.68. The number of nitrogen functional groups attached to an aromatic ring is 1. The number of anilines is 1. The standard InChI is InChI=1S/C13H12N4O/c14-7-11(12-8-16-4-5-17-12)13(18)9-2-1-3-10(15)6-9/h1-3,6,8,17H,4-5,15H2. The molecule has 0 amide bonds. The quantitative estimate of drug-likeness (QED) is 0.348. The van der Waals surface area contributed by atoms with Crippen molar-refractivity contribution in [1.82, 2.24) is 5.32 Å². The fourth-order valence-corrected chi connectivity index (χ4v) is 1.67. The van der Waals surface area contributed by atoms with Crippen LogP contribution in [0.3, 0.4) is 0 Å². The van der Waals surface area contributed by atoms with Crippen molar-refractivity contribution in [3.8, 4) is 6.07 Å². The van der Waals surface area contributed by atoms with Crippen LogP contribution in [0.15, 0.2) is 40.5 Å². The van der Waals surface area contributed by atoms with Gasteiger partial charge in [0.1, 0.15) is 11.6 Å². The average Bonchev–Trinajstić information content (AvgIpc) is 2.41. The van der Waals surface area contributed by atoms with Gasteiger partial charge in [0.15, 0.2) is 0 Å². The molecule has 0 spiro atoms. The number of carbonyl (C=O) groups is 1. The van der Waals surface area contributed by atoms with E-state index in [0.717, 1.165) is 0 Å². The molecule has 0 bridgehead atoms. The van der Waals surface area contributed by atoms with E-state index in [1.807, 2.05) is 6.07 Å². The Balaban J connectivity index is 2.40. The second-order valence-electron chi connectivity index (χ2n) is 3.82. The first-order chi connectivity index (χ1) is 8.72. The molecule has 1 aliphatic rings. The fraction of sp³-hybridized carbons (Fsp3) is 0.154. The first-order valence-corrected chi connectivity index (χ1v) is 5.50. The van der Waals surface area contributed by atoms with Gasteiger partial charge in [-0.1, -0.05) is 12.1 Å². The third-order valence-corrected chi connectivity index (χ3v) is 2.53. The molecule has 2 rings (SSSR count). The largest absolute Gasteiger partial charge is 0.399 e. The highest BCUT2D eigenvalue weighted by Crippen LogP contribution is 2.14. The van der Waals surface area contributed by atoms with Gasteiger partial charge in [0.2, 0.25) is 5.78 Å². The van der Waals surface area contributed by atoms with Gasteiger partial charge in [-0.15, -0.1) is 0 Å². The molecule has 0 unspecified atom stereocenters. The lowest BCUT2D eigenvalue weighted by atomic mass is 10.0. The number of allylic oxidation sites excluding steroid dienone is 2. The van der Waals surface area contributed by atoms with Crippen molar-refractivity contribution >= 4 is 17.7 Å². The molecule has 0 aliphatic carbocycles. The van der Waals surface area contributed by atoms with E-state index >= 15 is 0 Å². The molecule has 0 saturated carbocycles. The molecule has 0 saturated heterocycles. The molecule has 18 heavy (non-hydrogen) atoms. The minimum absolute atomic E-state index is 0.0593. The molecule has 5 heteroatoms. The van der Waals surface area contributed by atoms with Crippen LogP contribution in [0.25, 0.3) is 0 Å². The number of hydrogen-bond donors (Lipinski definition) is 2. The van der Waals surface area contributed by atoms with Crippen LogP contribution < -0.4 is 11.1 Å². The number of nitriles is 1. The normalized spacial score (nSPS) is 16.6. The zero-order valence-electron chi connectivity index (χ0n) is 9.68. The molecule has 1 aromatic rings. The van der Waals surface area contributed by atoms with Crippen molar-refractivity contribution in [3.05, 3.63) is 41.1 Å². The van der Waals surface area contributed by atoms with E-state index < -0.39 is 0 Å². The van der Waals surface area contributed by atoms with Crippen molar-refractivity contribution in [2.45, 2.75) is 0 Å². The Bertz CT molecular complexity index is 581. The molecule has 1 aliphatic heterocycles. The second kappa shape index (κ2) is 5.15. The third kappa shape index (κ3) is 2.38. The number of ketones is 1. The highest BCUT2D eigenvalue weighted by molar-refractivity contribution is 6.14. The number of aliphatic imine (C=N–C) groups is 1. The maximum atomic E-state index is 12.2. The molecule has 1 aromatic carbocycles. The number of benzene rings is 1. The summed E-state index contributed by atoms with van der Waals surface area (Å²) >= 11 is 0. The van der Waals surface area contributed by atoms with Gasteiger partial charge in [-0.3, -0.25) is 9.79 Å². The van der Waals surface area contributed by atoms with E-state index in [1.165, 1.54) is 6.21 Å². The van der Waals surface area contributed by atoms with Gasteiger partial charge >= 0.3 is 0 Å². The van der Waals surface area contributed by atoms with Crippen LogP contribution in [0.5, 0.6) is 0 Å². The Morgan fingerprint density at radius 3 is 2.94 bits per heavy atom. The number of hydrogen-bond acceptors (Lipinski definition) is 5. The lowest BCUT2D eigenvalue weighted by Gasteiger charge is -2.12. The molecule has 0 radical (unpaired) electrons. The Labute approximate surface area is 105 Å². The molecule has 3 N–H and O–H groups in total. The van der Waals surface area contributed by atoms with E-state index in [4.69, 9.17) is 11.0 Å². The molecular weight excluding hydrogens is 228 g/mol. The summed E-state index contributed by atoms with van der Waals surface area (Å²) in [6.45, 7) is 1.27. The van der Waals surface area contributed by atoms with Crippen LogP contribution in [0.1, 0.15) is 10.4 Å². The zero-order chi connectivity index (χ0) is 13.0. The molecule has 1 heterocycles. The SMILES string of the molecule is N#CC(C(=O)c1cccc(N)c1)=C1C=NCCN1. The van der Waals surface area contributed by atoms with Gasteiger partial charge in [-0.05, 0) is 12.1 Å². The topological polar surface area (TPSA) is 91.3 Å². The van der Waals surface area contributed by atoms with Gasteiger partial charge < -0.3 is 11.1 Å². The third-order valence-electron chi connectivity index (χ3n) is 2.53. The molecule has 5 nitrogen and oxygen atoms in total. The van der Waals surface area contributed by atoms with E-state index in [1.54, 1.807) is 24.3 Å². The number of nitrogens with two attached hydrogens (primary N) is 1. The maximum absolute atomic E-state index is 12.2. The van der Waals surface area contributed by atoms with Crippen LogP contribution in [-0.2, 0) is 0 Å². The van der Waals surface area contributed by atoms with Gasteiger partial charge in [0.05, 0.1) is 12.2 Å². The van der Waals surface area contributed by atoms with E-state index in [9.17, 15) is 4.79 Å². The van der Waals surface area contributed by atoms with Crippen molar-refractivity contribution in [1.29, 1.82) is 5.26 Å². The number of carbonyl (C=O) groups excluding carboxylic acids is 1. The molecular formula is C13H12N4O. The summed E-state index contributed by atoms with van der Waals surface area (Å²) in [7, 11) is 0. The maximum Gasteiger partial charge on any atom is 0.205 e. The van der Waals surface area contributed by atoms with Crippen molar-refractivity contribution in [2.24, 2.45) is 4.99 Å². The summed E-state index contributed by atoms with van der Waals surface area (Å²) in [5.41, 5.74) is 7.05. The highest BCUT2D eigenvalue weighted by atomic mass is 16.1. The first kappa shape index (κ1) is 11.9. The molecule has 0 atom stereocenters. The van der Waals surface area contributed by atoms with Crippen LogP contribution in [0, 0.1) is 11.3 Å². The van der Waals surface area contributed by atoms with Crippen LogP contribution >= 0.6 is 0 Å². The van der Waals surface area contributed by atoms with Gasteiger partial charge in [-0.25, -0.2) is 0 Å². The van der Waals surface area contributed by atoms with E-state index in [0.29, 0.717) is 30.0 Å². The van der Waals surface area contributed by atoms with Crippen LogP contribution in [0.2, 0.25) is 0 Å². The fourth-order valence-electron chi connectivity index (χ4n) is 1.67.